The molecule has 2 aromatic rings. The minimum atomic E-state index is -0.561. The molecular weight excluding hydrogens is 329 g/mol. The summed E-state index contributed by atoms with van der Waals surface area (Å²) in [6, 6.07) is 15.0. The number of hydrogen-bond donors (Lipinski definition) is 2. The van der Waals surface area contributed by atoms with Gasteiger partial charge in [-0.3, -0.25) is 0 Å². The molecule has 2 aromatic carbocycles. The van der Waals surface area contributed by atoms with Crippen molar-refractivity contribution in [2.24, 2.45) is 0 Å². The molecule has 21 heavy (non-hydrogen) atoms. The topological polar surface area (TPSA) is 32.3 Å². The lowest BCUT2D eigenvalue weighted by atomic mass is 10.0. The highest BCUT2D eigenvalue weighted by molar-refractivity contribution is 6.42. The fraction of sp³-hybridized carbons (Fsp3) is 0.250. The van der Waals surface area contributed by atoms with Gasteiger partial charge in [0.05, 0.1) is 16.1 Å². The summed E-state index contributed by atoms with van der Waals surface area (Å²) >= 11 is 12.1. The van der Waals surface area contributed by atoms with Crippen LogP contribution in [0.2, 0.25) is 10.0 Å². The van der Waals surface area contributed by atoms with E-state index in [0.29, 0.717) is 16.6 Å². The molecule has 2 rings (SSSR count). The van der Waals surface area contributed by atoms with E-state index in [-0.39, 0.29) is 18.4 Å². The zero-order valence-corrected chi connectivity index (χ0v) is 13.8. The van der Waals surface area contributed by atoms with Crippen LogP contribution in [0.25, 0.3) is 0 Å². The predicted molar refractivity (Wildman–Crippen MR) is 84.2 cm³/mol. The molecule has 0 aromatic heterocycles. The zero-order chi connectivity index (χ0) is 14.5. The normalized spacial score (nSPS) is 13.3. The largest absolute Gasteiger partial charge is 1.00 e. The number of nitrogens with one attached hydrogen (secondary N) is 1. The van der Waals surface area contributed by atoms with E-state index in [9.17, 15) is 5.11 Å². The third-order valence-electron chi connectivity index (χ3n) is 3.26. The molecule has 0 aliphatic rings. The summed E-state index contributed by atoms with van der Waals surface area (Å²) in [6.07, 6.45) is -0.561. The van der Waals surface area contributed by atoms with Gasteiger partial charge in [0.2, 0.25) is 0 Å². The number of halogens is 3. The van der Waals surface area contributed by atoms with Gasteiger partial charge in [0, 0.05) is 12.6 Å². The van der Waals surface area contributed by atoms with Crippen molar-refractivity contribution in [1.82, 2.24) is 5.32 Å². The minimum Gasteiger partial charge on any atom is -1.00 e. The molecule has 5 heteroatoms. The van der Waals surface area contributed by atoms with Gasteiger partial charge in [-0.2, -0.15) is 0 Å². The summed E-state index contributed by atoms with van der Waals surface area (Å²) in [5.41, 5.74) is 1.82. The van der Waals surface area contributed by atoms with E-state index in [0.717, 1.165) is 11.1 Å². The smallest absolute Gasteiger partial charge is 0.0940 e. The molecule has 0 saturated heterocycles. The molecule has 0 fully saturated rings. The zero-order valence-electron chi connectivity index (χ0n) is 11.6. The van der Waals surface area contributed by atoms with Gasteiger partial charge in [0.1, 0.15) is 0 Å². The van der Waals surface area contributed by atoms with Crippen LogP contribution in [0.15, 0.2) is 48.5 Å². The number of aliphatic hydroxyl groups is 1. The monoisotopic (exact) mass is 344 g/mol. The van der Waals surface area contributed by atoms with Crippen LogP contribution in [0, 0.1) is 0 Å². The number of aliphatic hydroxyl groups excluding tert-OH is 1. The van der Waals surface area contributed by atoms with E-state index in [1.165, 1.54) is 0 Å². The van der Waals surface area contributed by atoms with Gasteiger partial charge in [-0.05, 0) is 24.1 Å². The van der Waals surface area contributed by atoms with Crippen LogP contribution < -0.4 is 17.7 Å². The molecule has 2 N–H and O–H groups in total. The lowest BCUT2D eigenvalue weighted by Gasteiger charge is -2.21. The second-order valence-corrected chi connectivity index (χ2v) is 5.52. The van der Waals surface area contributed by atoms with Gasteiger partial charge in [-0.1, -0.05) is 65.7 Å². The molecule has 0 bridgehead atoms. The Labute approximate surface area is 141 Å². The lowest BCUT2D eigenvalue weighted by molar-refractivity contribution is -0.00000537. The van der Waals surface area contributed by atoms with Crippen LogP contribution in [0.5, 0.6) is 0 Å². The second kappa shape index (κ2) is 8.62. The molecule has 0 amide bonds. The van der Waals surface area contributed by atoms with E-state index in [1.807, 2.05) is 49.4 Å². The van der Waals surface area contributed by atoms with E-state index >= 15 is 0 Å². The van der Waals surface area contributed by atoms with Gasteiger partial charge in [0.15, 0.2) is 0 Å². The molecule has 2 unspecified atom stereocenters. The molecule has 2 nitrogen and oxygen atoms in total. The highest BCUT2D eigenvalue weighted by Crippen LogP contribution is 2.25. The molecule has 0 heterocycles. The highest BCUT2D eigenvalue weighted by atomic mass is 35.5. The molecule has 114 valence electrons. The number of rotatable bonds is 5. The Bertz CT molecular complexity index is 563. The minimum absolute atomic E-state index is 0. The predicted octanol–water partition coefficient (Wildman–Crippen LogP) is 1.21. The maximum Gasteiger partial charge on any atom is 0.0940 e. The fourth-order valence-corrected chi connectivity index (χ4v) is 2.39. The van der Waals surface area contributed by atoms with Crippen molar-refractivity contribution in [1.29, 1.82) is 0 Å². The third kappa shape index (κ3) is 4.87. The van der Waals surface area contributed by atoms with Gasteiger partial charge >= 0.3 is 0 Å². The lowest BCUT2D eigenvalue weighted by Crippen LogP contribution is -3.00. The van der Waals surface area contributed by atoms with Crippen molar-refractivity contribution in [2.45, 2.75) is 25.6 Å². The van der Waals surface area contributed by atoms with Crippen molar-refractivity contribution in [3.8, 4) is 0 Å². The van der Waals surface area contributed by atoms with E-state index in [1.54, 1.807) is 6.07 Å². The van der Waals surface area contributed by atoms with Crippen molar-refractivity contribution < 1.29 is 17.5 Å². The van der Waals surface area contributed by atoms with Crippen molar-refractivity contribution >= 4 is 23.2 Å². The van der Waals surface area contributed by atoms with Gasteiger partial charge in [0.25, 0.3) is 0 Å². The van der Waals surface area contributed by atoms with Crippen LogP contribution in [0.3, 0.4) is 0 Å². The van der Waals surface area contributed by atoms with E-state index in [2.05, 4.69) is 5.32 Å². The first-order chi connectivity index (χ1) is 9.59. The Balaban J connectivity index is 0.00000220. The first kappa shape index (κ1) is 18.3. The summed E-state index contributed by atoms with van der Waals surface area (Å²) in [5, 5.41) is 14.6. The van der Waals surface area contributed by atoms with Crippen LogP contribution >= 0.6 is 23.2 Å². The van der Waals surface area contributed by atoms with Gasteiger partial charge in [-0.25, -0.2) is 0 Å². The summed E-state index contributed by atoms with van der Waals surface area (Å²) in [4.78, 5) is 0. The molecule has 2 atom stereocenters. The van der Waals surface area contributed by atoms with E-state index < -0.39 is 6.10 Å². The average molecular weight is 346 g/mol. The Morgan fingerprint density at radius 1 is 1.05 bits per heavy atom. The van der Waals surface area contributed by atoms with E-state index in [4.69, 9.17) is 23.2 Å². The molecule has 0 spiro atoms. The van der Waals surface area contributed by atoms with Crippen molar-refractivity contribution in [3.63, 3.8) is 0 Å². The maximum atomic E-state index is 10.3. The standard InChI is InChI=1S/C16H17Cl2NO.ClH/c1-11(16(20)12-6-3-2-4-7-12)19-10-13-8-5-9-14(17)15(13)18;/h2-9,11,16,19-20H,10H2,1H3;1H/p-1. The SMILES string of the molecule is CC(NCc1cccc(Cl)c1Cl)C(O)c1ccccc1.[Cl-]. The summed E-state index contributed by atoms with van der Waals surface area (Å²) in [5.74, 6) is 0. The van der Waals surface area contributed by atoms with Crippen LogP contribution in [0.1, 0.15) is 24.2 Å². The Hall–Kier alpha value is -0.770. The Morgan fingerprint density at radius 3 is 2.38 bits per heavy atom. The number of hydrogen-bond acceptors (Lipinski definition) is 2. The van der Waals surface area contributed by atoms with Crippen LogP contribution in [-0.2, 0) is 6.54 Å². The number of benzene rings is 2. The van der Waals surface area contributed by atoms with Crippen LogP contribution in [-0.4, -0.2) is 11.1 Å². The second-order valence-electron chi connectivity index (χ2n) is 4.74. The third-order valence-corrected chi connectivity index (χ3v) is 4.12. The fourth-order valence-electron chi connectivity index (χ4n) is 2.01. The summed E-state index contributed by atoms with van der Waals surface area (Å²) < 4.78 is 0. The molecule has 0 aliphatic heterocycles. The molecular formula is C16H17Cl3NO-. The van der Waals surface area contributed by atoms with Gasteiger partial charge < -0.3 is 22.8 Å². The average Bonchev–Trinajstić information content (AvgIpc) is 2.48. The summed E-state index contributed by atoms with van der Waals surface area (Å²) in [7, 11) is 0. The van der Waals surface area contributed by atoms with Gasteiger partial charge in [-0.15, -0.1) is 0 Å². The summed E-state index contributed by atoms with van der Waals surface area (Å²) in [6.45, 7) is 2.50. The Morgan fingerprint density at radius 2 is 1.71 bits per heavy atom. The molecule has 0 radical (unpaired) electrons. The quantitative estimate of drug-likeness (QED) is 0.854. The highest BCUT2D eigenvalue weighted by Gasteiger charge is 2.16. The van der Waals surface area contributed by atoms with Crippen molar-refractivity contribution in [2.75, 3.05) is 0 Å². The first-order valence-electron chi connectivity index (χ1n) is 6.49. The van der Waals surface area contributed by atoms with Crippen LogP contribution in [0.4, 0.5) is 0 Å². The first-order valence-corrected chi connectivity index (χ1v) is 7.24. The maximum absolute atomic E-state index is 10.3. The Kier molecular flexibility index (Phi) is 7.50. The molecule has 0 saturated carbocycles. The molecule has 0 aliphatic carbocycles. The van der Waals surface area contributed by atoms with Crippen molar-refractivity contribution in [3.05, 3.63) is 69.7 Å².